The third kappa shape index (κ3) is 8.13. The first-order chi connectivity index (χ1) is 8.52. The van der Waals surface area contributed by atoms with Gasteiger partial charge in [0.15, 0.2) is 0 Å². The summed E-state index contributed by atoms with van der Waals surface area (Å²) < 4.78 is 0. The number of hydrogen-bond donors (Lipinski definition) is 0. The molecule has 3 atom stereocenters. The van der Waals surface area contributed by atoms with Gasteiger partial charge in [0.2, 0.25) is 0 Å². The lowest BCUT2D eigenvalue weighted by Gasteiger charge is -2.28. The van der Waals surface area contributed by atoms with Crippen molar-refractivity contribution in [2.45, 2.75) is 85.1 Å². The molecule has 18 heavy (non-hydrogen) atoms. The van der Waals surface area contributed by atoms with E-state index in [4.69, 9.17) is 0 Å². The van der Waals surface area contributed by atoms with Crippen LogP contribution in [0.3, 0.4) is 0 Å². The Labute approximate surface area is 116 Å². The van der Waals surface area contributed by atoms with E-state index in [1.54, 1.807) is 0 Å². The normalized spacial score (nSPS) is 16.8. The van der Waals surface area contributed by atoms with Gasteiger partial charge in [-0.1, -0.05) is 65.7 Å². The summed E-state index contributed by atoms with van der Waals surface area (Å²) in [4.78, 5) is 2.37. The summed E-state index contributed by atoms with van der Waals surface area (Å²) in [5, 5.41) is 0. The van der Waals surface area contributed by atoms with Crippen molar-refractivity contribution in [2.24, 2.45) is 11.8 Å². The van der Waals surface area contributed by atoms with Gasteiger partial charge in [0, 0.05) is 6.04 Å². The maximum atomic E-state index is 2.43. The van der Waals surface area contributed by atoms with Gasteiger partial charge in [0.05, 0.1) is 0 Å². The number of nitrogens with zero attached hydrogens (tertiary/aromatic N) is 1. The van der Waals surface area contributed by atoms with Crippen molar-refractivity contribution >= 4 is 0 Å². The zero-order valence-electron chi connectivity index (χ0n) is 13.8. The van der Waals surface area contributed by atoms with Crippen molar-refractivity contribution in [3.63, 3.8) is 0 Å². The van der Waals surface area contributed by atoms with Crippen LogP contribution in [-0.2, 0) is 0 Å². The van der Waals surface area contributed by atoms with Crippen LogP contribution in [0.25, 0.3) is 0 Å². The first-order valence-corrected chi connectivity index (χ1v) is 8.19. The molecule has 0 aromatic heterocycles. The smallest absolute Gasteiger partial charge is 0.00890 e. The van der Waals surface area contributed by atoms with Crippen molar-refractivity contribution in [2.75, 3.05) is 14.1 Å². The summed E-state index contributed by atoms with van der Waals surface area (Å²) in [6, 6.07) is 0.729. The van der Waals surface area contributed by atoms with E-state index in [1.165, 1.54) is 51.4 Å². The van der Waals surface area contributed by atoms with E-state index in [1.807, 2.05) is 0 Å². The van der Waals surface area contributed by atoms with Gasteiger partial charge in [0.25, 0.3) is 0 Å². The molecule has 1 nitrogen and oxygen atoms in total. The third-order valence-electron chi connectivity index (χ3n) is 4.59. The van der Waals surface area contributed by atoms with Gasteiger partial charge in [-0.25, -0.2) is 0 Å². The van der Waals surface area contributed by atoms with Gasteiger partial charge >= 0.3 is 0 Å². The molecule has 0 N–H and O–H groups in total. The van der Waals surface area contributed by atoms with Crippen molar-refractivity contribution in [1.29, 1.82) is 0 Å². The predicted molar refractivity (Wildman–Crippen MR) is 84.1 cm³/mol. The second kappa shape index (κ2) is 10.8. The average Bonchev–Trinajstić information content (AvgIpc) is 2.35. The van der Waals surface area contributed by atoms with Crippen LogP contribution in [0.5, 0.6) is 0 Å². The molecule has 0 spiro atoms. The van der Waals surface area contributed by atoms with Gasteiger partial charge < -0.3 is 4.90 Å². The highest BCUT2D eigenvalue weighted by molar-refractivity contribution is 4.71. The number of unbranched alkanes of at least 4 members (excludes halogenated alkanes) is 2. The molecule has 0 aromatic carbocycles. The molecule has 0 fully saturated rings. The summed E-state index contributed by atoms with van der Waals surface area (Å²) in [5.41, 5.74) is 0. The van der Waals surface area contributed by atoms with E-state index in [2.05, 4.69) is 46.7 Å². The molecule has 0 aliphatic carbocycles. The van der Waals surface area contributed by atoms with Crippen LogP contribution in [-0.4, -0.2) is 25.0 Å². The van der Waals surface area contributed by atoms with E-state index in [0.717, 1.165) is 17.9 Å². The van der Waals surface area contributed by atoms with Crippen molar-refractivity contribution in [3.05, 3.63) is 0 Å². The fraction of sp³-hybridized carbons (Fsp3) is 1.00. The maximum absolute atomic E-state index is 2.43. The van der Waals surface area contributed by atoms with Gasteiger partial charge in [-0.15, -0.1) is 0 Å². The van der Waals surface area contributed by atoms with Crippen LogP contribution < -0.4 is 0 Å². The molecule has 110 valence electrons. The molecular formula is C17H37N. The molecule has 0 radical (unpaired) electrons. The monoisotopic (exact) mass is 255 g/mol. The zero-order chi connectivity index (χ0) is 14.0. The Kier molecular flexibility index (Phi) is 10.8. The van der Waals surface area contributed by atoms with Crippen LogP contribution in [0, 0.1) is 11.8 Å². The van der Waals surface area contributed by atoms with Gasteiger partial charge in [-0.05, 0) is 39.3 Å². The Balaban J connectivity index is 3.68. The SMILES string of the molecule is CCCCC(C)CCCCC(CC)C(C)N(C)C. The van der Waals surface area contributed by atoms with Gasteiger partial charge in [-0.3, -0.25) is 0 Å². The van der Waals surface area contributed by atoms with Crippen LogP contribution in [0.4, 0.5) is 0 Å². The zero-order valence-corrected chi connectivity index (χ0v) is 13.8. The van der Waals surface area contributed by atoms with Crippen LogP contribution in [0.1, 0.15) is 79.1 Å². The summed E-state index contributed by atoms with van der Waals surface area (Å²) in [5.74, 6) is 1.82. The predicted octanol–water partition coefficient (Wildman–Crippen LogP) is 5.35. The minimum atomic E-state index is 0.729. The molecule has 0 amide bonds. The molecule has 0 saturated carbocycles. The molecule has 1 heteroatoms. The summed E-state index contributed by atoms with van der Waals surface area (Å²) >= 11 is 0. The Morgan fingerprint density at radius 2 is 1.39 bits per heavy atom. The van der Waals surface area contributed by atoms with E-state index < -0.39 is 0 Å². The number of rotatable bonds is 11. The highest BCUT2D eigenvalue weighted by Crippen LogP contribution is 2.22. The molecular weight excluding hydrogens is 218 g/mol. The molecule has 3 unspecified atom stereocenters. The second-order valence-corrected chi connectivity index (χ2v) is 6.40. The number of hydrogen-bond acceptors (Lipinski definition) is 1. The van der Waals surface area contributed by atoms with Crippen LogP contribution in [0.2, 0.25) is 0 Å². The Hall–Kier alpha value is -0.0400. The Morgan fingerprint density at radius 3 is 1.89 bits per heavy atom. The highest BCUT2D eigenvalue weighted by Gasteiger charge is 2.16. The van der Waals surface area contributed by atoms with E-state index in [-0.39, 0.29) is 0 Å². The minimum Gasteiger partial charge on any atom is -0.306 e. The largest absolute Gasteiger partial charge is 0.306 e. The van der Waals surface area contributed by atoms with Crippen molar-refractivity contribution < 1.29 is 0 Å². The quantitative estimate of drug-likeness (QED) is 0.450. The van der Waals surface area contributed by atoms with Crippen LogP contribution >= 0.6 is 0 Å². The van der Waals surface area contributed by atoms with Gasteiger partial charge in [-0.2, -0.15) is 0 Å². The fourth-order valence-electron chi connectivity index (χ4n) is 2.80. The molecule has 0 aliphatic rings. The lowest BCUT2D eigenvalue weighted by atomic mass is 9.90. The van der Waals surface area contributed by atoms with Crippen molar-refractivity contribution in [1.82, 2.24) is 4.90 Å². The minimum absolute atomic E-state index is 0.729. The first-order valence-electron chi connectivity index (χ1n) is 8.19. The highest BCUT2D eigenvalue weighted by atomic mass is 15.1. The summed E-state index contributed by atoms with van der Waals surface area (Å²) in [6.45, 7) is 9.43. The van der Waals surface area contributed by atoms with E-state index in [9.17, 15) is 0 Å². The summed E-state index contributed by atoms with van der Waals surface area (Å²) in [6.07, 6.45) is 11.2. The van der Waals surface area contributed by atoms with E-state index in [0.29, 0.717) is 0 Å². The average molecular weight is 255 g/mol. The topological polar surface area (TPSA) is 3.24 Å². The molecule has 0 saturated heterocycles. The molecule has 0 bridgehead atoms. The standard InChI is InChI=1S/C17H37N/c1-7-9-12-15(3)13-10-11-14-17(8-2)16(4)18(5)6/h15-17H,7-14H2,1-6H3. The first kappa shape index (κ1) is 18.0. The molecule has 0 heterocycles. The van der Waals surface area contributed by atoms with Crippen LogP contribution in [0.15, 0.2) is 0 Å². The molecule has 0 aromatic rings. The van der Waals surface area contributed by atoms with Gasteiger partial charge in [0.1, 0.15) is 0 Å². The summed E-state index contributed by atoms with van der Waals surface area (Å²) in [7, 11) is 4.42. The third-order valence-corrected chi connectivity index (χ3v) is 4.59. The maximum Gasteiger partial charge on any atom is 0.00890 e. The molecule has 0 rings (SSSR count). The fourth-order valence-corrected chi connectivity index (χ4v) is 2.80. The van der Waals surface area contributed by atoms with Crippen molar-refractivity contribution in [3.8, 4) is 0 Å². The van der Waals surface area contributed by atoms with E-state index >= 15 is 0 Å². The lowest BCUT2D eigenvalue weighted by molar-refractivity contribution is 0.208. The lowest BCUT2D eigenvalue weighted by Crippen LogP contribution is -2.32. The molecule has 0 aliphatic heterocycles. The Bertz CT molecular complexity index is 176. The Morgan fingerprint density at radius 1 is 0.833 bits per heavy atom. The second-order valence-electron chi connectivity index (χ2n) is 6.40.